The molecule has 0 fully saturated rings. The van der Waals surface area contributed by atoms with Crippen LogP contribution >= 0.6 is 0 Å². The van der Waals surface area contributed by atoms with Crippen molar-refractivity contribution in [2.24, 2.45) is 0 Å². The van der Waals surface area contributed by atoms with Crippen LogP contribution in [0, 0.1) is 0 Å². The van der Waals surface area contributed by atoms with Crippen molar-refractivity contribution in [2.45, 2.75) is 6.36 Å². The van der Waals surface area contributed by atoms with E-state index in [0.29, 0.717) is 11.3 Å². The molecule has 0 aromatic heterocycles. The standard InChI is InChI=1S/C18H17F3N2O4/c1-23(17(25)12-4-3-5-15(10-12)26-2)11-16(24)22-13-6-8-14(9-7-13)27-18(19,20)21/h3-10H,11H2,1-2H3,(H,22,24). The van der Waals surface area contributed by atoms with Crippen LogP contribution in [0.15, 0.2) is 48.5 Å². The highest BCUT2D eigenvalue weighted by atomic mass is 19.4. The highest BCUT2D eigenvalue weighted by Gasteiger charge is 2.31. The van der Waals surface area contributed by atoms with Crippen molar-refractivity contribution in [1.82, 2.24) is 4.90 Å². The molecule has 0 atom stereocenters. The van der Waals surface area contributed by atoms with Gasteiger partial charge in [-0.25, -0.2) is 0 Å². The predicted octanol–water partition coefficient (Wildman–Crippen LogP) is 3.30. The Labute approximate surface area is 153 Å². The van der Waals surface area contributed by atoms with Crippen molar-refractivity contribution in [3.05, 3.63) is 54.1 Å². The summed E-state index contributed by atoms with van der Waals surface area (Å²) < 4.78 is 45.2. The molecular weight excluding hydrogens is 365 g/mol. The van der Waals surface area contributed by atoms with Gasteiger partial charge in [0.15, 0.2) is 0 Å². The molecule has 0 aliphatic carbocycles. The van der Waals surface area contributed by atoms with Gasteiger partial charge in [-0.05, 0) is 42.5 Å². The lowest BCUT2D eigenvalue weighted by Gasteiger charge is -2.17. The lowest BCUT2D eigenvalue weighted by Crippen LogP contribution is -2.34. The molecule has 0 saturated heterocycles. The molecule has 0 heterocycles. The van der Waals surface area contributed by atoms with Crippen LogP contribution in [0.3, 0.4) is 0 Å². The SMILES string of the molecule is COc1cccc(C(=O)N(C)CC(=O)Nc2ccc(OC(F)(F)F)cc2)c1. The van der Waals surface area contributed by atoms with Crippen LogP contribution in [-0.2, 0) is 4.79 Å². The minimum atomic E-state index is -4.78. The van der Waals surface area contributed by atoms with E-state index in [4.69, 9.17) is 4.74 Å². The van der Waals surface area contributed by atoms with Crippen molar-refractivity contribution in [2.75, 3.05) is 26.0 Å². The topological polar surface area (TPSA) is 67.9 Å². The van der Waals surface area contributed by atoms with Crippen LogP contribution in [0.1, 0.15) is 10.4 Å². The number of anilines is 1. The zero-order chi connectivity index (χ0) is 20.0. The fourth-order valence-electron chi connectivity index (χ4n) is 2.20. The number of hydrogen-bond donors (Lipinski definition) is 1. The Bertz CT molecular complexity index is 807. The molecule has 9 heteroatoms. The molecule has 0 unspecified atom stereocenters. The van der Waals surface area contributed by atoms with E-state index < -0.39 is 18.0 Å². The van der Waals surface area contributed by atoms with Gasteiger partial charge in [0.25, 0.3) is 5.91 Å². The number of nitrogens with one attached hydrogen (secondary N) is 1. The second-order valence-electron chi connectivity index (χ2n) is 5.51. The zero-order valence-corrected chi connectivity index (χ0v) is 14.5. The van der Waals surface area contributed by atoms with Crippen LogP contribution < -0.4 is 14.8 Å². The Balaban J connectivity index is 1.93. The number of carbonyl (C=O) groups excluding carboxylic acids is 2. The van der Waals surface area contributed by atoms with E-state index in [1.165, 1.54) is 31.2 Å². The summed E-state index contributed by atoms with van der Waals surface area (Å²) in [6, 6.07) is 11.2. The third-order valence-electron chi connectivity index (χ3n) is 3.42. The number of carbonyl (C=O) groups is 2. The van der Waals surface area contributed by atoms with Crippen LogP contribution in [0.2, 0.25) is 0 Å². The van der Waals surface area contributed by atoms with Crippen molar-refractivity contribution in [3.63, 3.8) is 0 Å². The molecule has 2 rings (SSSR count). The number of likely N-dealkylation sites (N-methyl/N-ethyl adjacent to an activating group) is 1. The van der Waals surface area contributed by atoms with E-state index in [2.05, 4.69) is 10.1 Å². The van der Waals surface area contributed by atoms with Crippen LogP contribution in [0.4, 0.5) is 18.9 Å². The second-order valence-corrected chi connectivity index (χ2v) is 5.51. The third kappa shape index (κ3) is 6.21. The van der Waals surface area contributed by atoms with Crippen molar-refractivity contribution in [3.8, 4) is 11.5 Å². The number of methoxy groups -OCH3 is 1. The van der Waals surface area contributed by atoms with Gasteiger partial charge in [-0.15, -0.1) is 13.2 Å². The molecule has 27 heavy (non-hydrogen) atoms. The summed E-state index contributed by atoms with van der Waals surface area (Å²) in [5, 5.41) is 2.50. The minimum absolute atomic E-state index is 0.239. The van der Waals surface area contributed by atoms with E-state index in [1.807, 2.05) is 0 Å². The molecule has 144 valence electrons. The van der Waals surface area contributed by atoms with Gasteiger partial charge in [0.1, 0.15) is 11.5 Å². The third-order valence-corrected chi connectivity index (χ3v) is 3.42. The smallest absolute Gasteiger partial charge is 0.497 e. The van der Waals surface area contributed by atoms with Crippen LogP contribution in [-0.4, -0.2) is 43.8 Å². The summed E-state index contributed by atoms with van der Waals surface area (Å²) in [4.78, 5) is 25.6. The maximum Gasteiger partial charge on any atom is 0.573 e. The average Bonchev–Trinajstić information content (AvgIpc) is 2.61. The molecule has 2 amide bonds. The number of hydrogen-bond acceptors (Lipinski definition) is 4. The summed E-state index contributed by atoms with van der Waals surface area (Å²) in [5.41, 5.74) is 0.634. The average molecular weight is 382 g/mol. The van der Waals surface area contributed by atoms with Gasteiger partial charge in [-0.1, -0.05) is 6.07 Å². The number of halogens is 3. The number of ether oxygens (including phenoxy) is 2. The second kappa shape index (κ2) is 8.43. The Morgan fingerprint density at radius 2 is 1.74 bits per heavy atom. The van der Waals surface area contributed by atoms with Crippen molar-refractivity contribution < 1.29 is 32.2 Å². The number of nitrogens with zero attached hydrogens (tertiary/aromatic N) is 1. The first-order chi connectivity index (χ1) is 12.7. The molecule has 0 saturated carbocycles. The number of benzene rings is 2. The van der Waals surface area contributed by atoms with Gasteiger partial charge in [0.2, 0.25) is 5.91 Å². The van der Waals surface area contributed by atoms with Gasteiger partial charge in [-0.2, -0.15) is 0 Å². The Kier molecular flexibility index (Phi) is 6.27. The zero-order valence-electron chi connectivity index (χ0n) is 14.5. The van der Waals surface area contributed by atoms with Crippen LogP contribution in [0.25, 0.3) is 0 Å². The lowest BCUT2D eigenvalue weighted by atomic mass is 10.2. The molecule has 2 aromatic rings. The fourth-order valence-corrected chi connectivity index (χ4v) is 2.20. The first-order valence-corrected chi connectivity index (χ1v) is 7.73. The van der Waals surface area contributed by atoms with Gasteiger partial charge in [0.05, 0.1) is 13.7 Å². The van der Waals surface area contributed by atoms with E-state index in [9.17, 15) is 22.8 Å². The van der Waals surface area contributed by atoms with Gasteiger partial charge >= 0.3 is 6.36 Å². The summed E-state index contributed by atoms with van der Waals surface area (Å²) >= 11 is 0. The molecule has 2 aromatic carbocycles. The molecular formula is C18H17F3N2O4. The van der Waals surface area contributed by atoms with E-state index >= 15 is 0 Å². The lowest BCUT2D eigenvalue weighted by molar-refractivity contribution is -0.274. The first-order valence-electron chi connectivity index (χ1n) is 7.73. The van der Waals surface area contributed by atoms with E-state index in [0.717, 1.165) is 12.1 Å². The number of amides is 2. The summed E-state index contributed by atoms with van der Waals surface area (Å²) in [5.74, 6) is -0.762. The maximum atomic E-state index is 12.3. The molecule has 0 aliphatic heterocycles. The van der Waals surface area contributed by atoms with Crippen molar-refractivity contribution >= 4 is 17.5 Å². The molecule has 0 aliphatic rings. The highest BCUT2D eigenvalue weighted by Crippen LogP contribution is 2.24. The molecule has 0 radical (unpaired) electrons. The summed E-state index contributed by atoms with van der Waals surface area (Å²) in [6.07, 6.45) is -4.78. The Morgan fingerprint density at radius 3 is 2.33 bits per heavy atom. The Hall–Kier alpha value is -3.23. The normalized spacial score (nSPS) is 10.9. The van der Waals surface area contributed by atoms with Crippen LogP contribution in [0.5, 0.6) is 11.5 Å². The monoisotopic (exact) mass is 382 g/mol. The van der Waals surface area contributed by atoms with Crippen molar-refractivity contribution in [1.29, 1.82) is 0 Å². The quantitative estimate of drug-likeness (QED) is 0.833. The number of rotatable bonds is 6. The maximum absolute atomic E-state index is 12.3. The largest absolute Gasteiger partial charge is 0.573 e. The highest BCUT2D eigenvalue weighted by molar-refractivity contribution is 5.99. The molecule has 0 bridgehead atoms. The molecule has 0 spiro atoms. The molecule has 1 N–H and O–H groups in total. The fraction of sp³-hybridized carbons (Fsp3) is 0.222. The Morgan fingerprint density at radius 1 is 1.07 bits per heavy atom. The van der Waals surface area contributed by atoms with Gasteiger partial charge < -0.3 is 19.7 Å². The minimum Gasteiger partial charge on any atom is -0.497 e. The van der Waals surface area contributed by atoms with E-state index in [-0.39, 0.29) is 18.1 Å². The van der Waals surface area contributed by atoms with Gasteiger partial charge in [-0.3, -0.25) is 9.59 Å². The summed E-state index contributed by atoms with van der Waals surface area (Å²) in [6.45, 7) is -0.239. The van der Waals surface area contributed by atoms with E-state index in [1.54, 1.807) is 24.3 Å². The number of alkyl halides is 3. The predicted molar refractivity (Wildman–Crippen MR) is 91.7 cm³/mol. The molecule has 6 nitrogen and oxygen atoms in total. The first kappa shape index (κ1) is 20.1. The van der Waals surface area contributed by atoms with Gasteiger partial charge in [0, 0.05) is 18.3 Å². The summed E-state index contributed by atoms with van der Waals surface area (Å²) in [7, 11) is 2.94.